The Morgan fingerprint density at radius 2 is 1.83 bits per heavy atom. The molecular formula is C13H9NO4. The summed E-state index contributed by atoms with van der Waals surface area (Å²) in [4.78, 5) is 33.7. The molecule has 5 nitrogen and oxygen atoms in total. The third-order valence-corrected chi connectivity index (χ3v) is 2.39. The van der Waals surface area contributed by atoms with Gasteiger partial charge in [0.15, 0.2) is 0 Å². The summed E-state index contributed by atoms with van der Waals surface area (Å²) in [5, 5.41) is 11.0. The van der Waals surface area contributed by atoms with Gasteiger partial charge in [-0.2, -0.15) is 0 Å². The third-order valence-electron chi connectivity index (χ3n) is 2.39. The van der Waals surface area contributed by atoms with Gasteiger partial charge in [0.1, 0.15) is 0 Å². The summed E-state index contributed by atoms with van der Waals surface area (Å²) in [7, 11) is 0. The minimum absolute atomic E-state index is 0.0340. The maximum atomic E-state index is 11.6. The molecule has 0 aromatic heterocycles. The molecule has 0 aliphatic carbocycles. The van der Waals surface area contributed by atoms with Crippen molar-refractivity contribution in [1.29, 1.82) is 0 Å². The van der Waals surface area contributed by atoms with Crippen molar-refractivity contribution >= 4 is 23.9 Å². The maximum absolute atomic E-state index is 11.6. The average Bonchev–Trinajstić information content (AvgIpc) is 2.33. The van der Waals surface area contributed by atoms with Crippen LogP contribution in [-0.2, 0) is 14.4 Å². The quantitative estimate of drug-likeness (QED) is 0.592. The number of aliphatic carboxylic acids is 1. The zero-order chi connectivity index (χ0) is 13.1. The van der Waals surface area contributed by atoms with Crippen LogP contribution in [-0.4, -0.2) is 22.9 Å². The SMILES string of the molecule is O=C1C=C(C(=O)O)C(=Cc2ccccc2)C(=O)N1. The van der Waals surface area contributed by atoms with Crippen LogP contribution in [0.4, 0.5) is 0 Å². The Balaban J connectivity index is 2.50. The number of amides is 2. The highest BCUT2D eigenvalue weighted by Crippen LogP contribution is 2.18. The van der Waals surface area contributed by atoms with E-state index in [1.807, 2.05) is 5.32 Å². The van der Waals surface area contributed by atoms with Crippen molar-refractivity contribution in [3.8, 4) is 0 Å². The number of carboxylic acids is 1. The van der Waals surface area contributed by atoms with E-state index < -0.39 is 17.8 Å². The Morgan fingerprint density at radius 1 is 1.17 bits per heavy atom. The monoisotopic (exact) mass is 243 g/mol. The van der Waals surface area contributed by atoms with Gasteiger partial charge >= 0.3 is 5.97 Å². The Bertz CT molecular complexity index is 584. The van der Waals surface area contributed by atoms with E-state index >= 15 is 0 Å². The fraction of sp³-hybridized carbons (Fsp3) is 0. The topological polar surface area (TPSA) is 83.5 Å². The first kappa shape index (κ1) is 11.8. The number of carboxylic acid groups (broad SMARTS) is 1. The van der Waals surface area contributed by atoms with Crippen LogP contribution < -0.4 is 5.32 Å². The normalized spacial score (nSPS) is 17.3. The van der Waals surface area contributed by atoms with Crippen molar-refractivity contribution in [2.24, 2.45) is 0 Å². The van der Waals surface area contributed by atoms with E-state index in [1.54, 1.807) is 30.3 Å². The van der Waals surface area contributed by atoms with Crippen LogP contribution in [0.5, 0.6) is 0 Å². The molecule has 1 aliphatic heterocycles. The predicted molar refractivity (Wildman–Crippen MR) is 63.3 cm³/mol. The summed E-state index contributed by atoms with van der Waals surface area (Å²) in [6.45, 7) is 0. The first-order chi connectivity index (χ1) is 8.58. The molecule has 2 N–H and O–H groups in total. The van der Waals surface area contributed by atoms with Crippen LogP contribution in [0.2, 0.25) is 0 Å². The van der Waals surface area contributed by atoms with Crippen molar-refractivity contribution in [3.63, 3.8) is 0 Å². The average molecular weight is 243 g/mol. The van der Waals surface area contributed by atoms with Crippen LogP contribution >= 0.6 is 0 Å². The molecule has 0 spiro atoms. The molecule has 2 amide bonds. The van der Waals surface area contributed by atoms with E-state index in [4.69, 9.17) is 5.11 Å². The van der Waals surface area contributed by atoms with Crippen molar-refractivity contribution in [3.05, 3.63) is 53.1 Å². The van der Waals surface area contributed by atoms with Crippen LogP contribution in [0.3, 0.4) is 0 Å². The molecular weight excluding hydrogens is 234 g/mol. The summed E-state index contributed by atoms with van der Waals surface area (Å²) < 4.78 is 0. The minimum Gasteiger partial charge on any atom is -0.478 e. The van der Waals surface area contributed by atoms with Gasteiger partial charge in [0, 0.05) is 6.08 Å². The van der Waals surface area contributed by atoms with Crippen molar-refractivity contribution in [2.75, 3.05) is 0 Å². The van der Waals surface area contributed by atoms with Gasteiger partial charge in [-0.25, -0.2) is 4.79 Å². The molecule has 90 valence electrons. The molecule has 0 fully saturated rings. The van der Waals surface area contributed by atoms with Crippen molar-refractivity contribution in [2.45, 2.75) is 0 Å². The number of imide groups is 1. The standard InChI is InChI=1S/C13H9NO4/c15-11-7-10(13(17)18)9(12(16)14-11)6-8-4-2-1-3-5-8/h1-7H,(H,17,18)(H,14,15,16). The van der Waals surface area contributed by atoms with E-state index in [0.29, 0.717) is 5.56 Å². The molecule has 1 heterocycles. The lowest BCUT2D eigenvalue weighted by molar-refractivity contribution is -0.134. The van der Waals surface area contributed by atoms with Gasteiger partial charge < -0.3 is 5.11 Å². The van der Waals surface area contributed by atoms with Gasteiger partial charge in [-0.3, -0.25) is 14.9 Å². The van der Waals surface area contributed by atoms with Crippen LogP contribution in [0, 0.1) is 0 Å². The Kier molecular flexibility index (Phi) is 3.05. The summed E-state index contributed by atoms with van der Waals surface area (Å²) in [5.74, 6) is -2.73. The number of carbonyl (C=O) groups excluding carboxylic acids is 2. The van der Waals surface area contributed by atoms with E-state index in [2.05, 4.69) is 0 Å². The second-order valence-corrected chi connectivity index (χ2v) is 3.65. The van der Waals surface area contributed by atoms with Gasteiger partial charge in [-0.05, 0) is 11.6 Å². The number of hydrogen-bond donors (Lipinski definition) is 2. The first-order valence-electron chi connectivity index (χ1n) is 5.15. The number of carbonyl (C=O) groups is 3. The van der Waals surface area contributed by atoms with Gasteiger partial charge in [0.25, 0.3) is 11.8 Å². The zero-order valence-electron chi connectivity index (χ0n) is 9.21. The lowest BCUT2D eigenvalue weighted by Crippen LogP contribution is -2.36. The van der Waals surface area contributed by atoms with Gasteiger partial charge in [-0.1, -0.05) is 30.3 Å². The summed E-state index contributed by atoms with van der Waals surface area (Å²) in [5.41, 5.74) is 0.352. The highest BCUT2D eigenvalue weighted by molar-refractivity contribution is 6.22. The fourth-order valence-electron chi connectivity index (χ4n) is 1.58. The van der Waals surface area contributed by atoms with Crippen LogP contribution in [0.15, 0.2) is 47.6 Å². The van der Waals surface area contributed by atoms with Crippen LogP contribution in [0.1, 0.15) is 5.56 Å². The van der Waals surface area contributed by atoms with E-state index in [1.165, 1.54) is 6.08 Å². The van der Waals surface area contributed by atoms with Gasteiger partial charge in [0.05, 0.1) is 11.1 Å². The number of hydrogen-bond acceptors (Lipinski definition) is 3. The molecule has 1 aliphatic rings. The first-order valence-corrected chi connectivity index (χ1v) is 5.15. The van der Waals surface area contributed by atoms with E-state index in [9.17, 15) is 14.4 Å². The molecule has 5 heteroatoms. The minimum atomic E-state index is -1.31. The molecule has 1 aromatic carbocycles. The Morgan fingerprint density at radius 3 is 2.44 bits per heavy atom. The highest BCUT2D eigenvalue weighted by atomic mass is 16.4. The summed E-state index contributed by atoms with van der Waals surface area (Å²) in [6.07, 6.45) is 2.33. The van der Waals surface area contributed by atoms with E-state index in [0.717, 1.165) is 6.08 Å². The molecule has 0 atom stereocenters. The van der Waals surface area contributed by atoms with Crippen LogP contribution in [0.25, 0.3) is 6.08 Å². The molecule has 18 heavy (non-hydrogen) atoms. The molecule has 0 unspecified atom stereocenters. The second kappa shape index (κ2) is 4.67. The lowest BCUT2D eigenvalue weighted by atomic mass is 9.99. The van der Waals surface area contributed by atoms with Gasteiger partial charge in [0.2, 0.25) is 0 Å². The zero-order valence-corrected chi connectivity index (χ0v) is 9.21. The fourth-order valence-corrected chi connectivity index (χ4v) is 1.58. The smallest absolute Gasteiger partial charge is 0.336 e. The van der Waals surface area contributed by atoms with Crippen molar-refractivity contribution in [1.82, 2.24) is 5.32 Å². The summed E-state index contributed by atoms with van der Waals surface area (Å²) >= 11 is 0. The number of rotatable bonds is 2. The molecule has 1 aromatic rings. The summed E-state index contributed by atoms with van der Waals surface area (Å²) in [6, 6.07) is 8.80. The molecule has 0 saturated carbocycles. The lowest BCUT2D eigenvalue weighted by Gasteiger charge is -2.13. The molecule has 0 saturated heterocycles. The number of benzene rings is 1. The number of nitrogens with one attached hydrogen (secondary N) is 1. The van der Waals surface area contributed by atoms with Crippen molar-refractivity contribution < 1.29 is 19.5 Å². The Hall–Kier alpha value is -2.69. The predicted octanol–water partition coefficient (Wildman–Crippen LogP) is 0.737. The molecule has 2 rings (SSSR count). The Labute approximate surface area is 102 Å². The largest absolute Gasteiger partial charge is 0.478 e. The van der Waals surface area contributed by atoms with Gasteiger partial charge in [-0.15, -0.1) is 0 Å². The molecule has 0 bridgehead atoms. The van der Waals surface area contributed by atoms with E-state index in [-0.39, 0.29) is 11.1 Å². The third kappa shape index (κ3) is 2.35. The maximum Gasteiger partial charge on any atom is 0.336 e. The highest BCUT2D eigenvalue weighted by Gasteiger charge is 2.27. The molecule has 0 radical (unpaired) electrons. The second-order valence-electron chi connectivity index (χ2n) is 3.65.